The van der Waals surface area contributed by atoms with Crippen LogP contribution in [0.3, 0.4) is 0 Å². The largest absolute Gasteiger partial charge is 0.508 e. The quantitative estimate of drug-likeness (QED) is 0.502. The molecule has 0 atom stereocenters. The lowest BCUT2D eigenvalue weighted by molar-refractivity contribution is 0.0856. The topological polar surface area (TPSA) is 89.6 Å². The lowest BCUT2D eigenvalue weighted by Gasteiger charge is -2.21. The van der Waals surface area contributed by atoms with Crippen LogP contribution >= 0.6 is 0 Å². The number of carbonyl (C=O) groups is 2. The maximum absolute atomic E-state index is 12.5. The lowest BCUT2D eigenvalue weighted by Crippen LogP contribution is -2.38. The predicted molar refractivity (Wildman–Crippen MR) is 86.9 cm³/mol. The molecule has 22 heavy (non-hydrogen) atoms. The number of hydrogen-bond acceptors (Lipinski definition) is 5. The van der Waals surface area contributed by atoms with E-state index < -0.39 is 17.9 Å². The van der Waals surface area contributed by atoms with Gasteiger partial charge in [-0.15, -0.1) is 0 Å². The van der Waals surface area contributed by atoms with Crippen LogP contribution in [0, 0.1) is 10.8 Å². The Morgan fingerprint density at radius 1 is 0.955 bits per heavy atom. The molecule has 3 N–H and O–H groups in total. The van der Waals surface area contributed by atoms with Crippen molar-refractivity contribution in [1.29, 1.82) is 0 Å². The number of Topliss-reactive ketones (excluding diaryl/α,β-unsaturated/α-hetero) is 2. The number of hydrogen-bond donors (Lipinski definition) is 2. The Hall–Kier alpha value is -1.50. The molecule has 0 spiro atoms. The summed E-state index contributed by atoms with van der Waals surface area (Å²) < 4.78 is 4.41. The van der Waals surface area contributed by atoms with E-state index in [1.807, 2.05) is 0 Å². The zero-order valence-corrected chi connectivity index (χ0v) is 14.1. The van der Waals surface area contributed by atoms with Gasteiger partial charge in [0.15, 0.2) is 11.6 Å². The van der Waals surface area contributed by atoms with E-state index in [1.54, 1.807) is 47.6 Å². The standard InChI is InChI=1S/C16H24BNO4/c1-15(2,3)13(19)10-7-11(14(20)16(4,5)6)9-12(8-10)17(21)22-18/h7-9,21H,18H2,1-6H3. The van der Waals surface area contributed by atoms with Crippen molar-refractivity contribution < 1.29 is 19.4 Å². The molecule has 0 saturated carbocycles. The van der Waals surface area contributed by atoms with E-state index in [0.29, 0.717) is 11.1 Å². The summed E-state index contributed by atoms with van der Waals surface area (Å²) in [7, 11) is -1.39. The lowest BCUT2D eigenvalue weighted by atomic mass is 9.74. The number of carbonyl (C=O) groups excluding carboxylic acids is 2. The molecule has 1 aromatic rings. The summed E-state index contributed by atoms with van der Waals surface area (Å²) in [5.74, 6) is 4.76. The zero-order chi connectivity index (χ0) is 17.3. The minimum atomic E-state index is -1.39. The second kappa shape index (κ2) is 6.32. The number of nitrogens with two attached hydrogens (primary N) is 1. The fraction of sp³-hybridized carbons (Fsp3) is 0.500. The van der Waals surface area contributed by atoms with Gasteiger partial charge in [0.25, 0.3) is 0 Å². The van der Waals surface area contributed by atoms with Crippen LogP contribution in [0.25, 0.3) is 0 Å². The molecule has 1 aromatic carbocycles. The van der Waals surface area contributed by atoms with Gasteiger partial charge in [0.05, 0.1) is 0 Å². The third-order valence-electron chi connectivity index (χ3n) is 3.26. The highest BCUT2D eigenvalue weighted by atomic mass is 16.6. The highest BCUT2D eigenvalue weighted by molar-refractivity contribution is 6.60. The predicted octanol–water partition coefficient (Wildman–Crippen LogP) is 1.72. The van der Waals surface area contributed by atoms with Gasteiger partial charge in [-0.05, 0) is 11.5 Å². The molecule has 0 aliphatic carbocycles. The van der Waals surface area contributed by atoms with E-state index in [1.165, 1.54) is 12.1 Å². The van der Waals surface area contributed by atoms with E-state index in [2.05, 4.69) is 4.76 Å². The Balaban J connectivity index is 3.47. The van der Waals surface area contributed by atoms with Crippen LogP contribution in [0.1, 0.15) is 62.3 Å². The fourth-order valence-corrected chi connectivity index (χ4v) is 2.00. The second-order valence-corrected chi connectivity index (χ2v) is 7.49. The summed E-state index contributed by atoms with van der Waals surface area (Å²) in [6, 6.07) is 4.57. The Morgan fingerprint density at radius 3 is 1.59 bits per heavy atom. The van der Waals surface area contributed by atoms with Crippen LogP contribution < -0.4 is 11.4 Å². The van der Waals surface area contributed by atoms with Crippen LogP contribution in [0.2, 0.25) is 0 Å². The fourth-order valence-electron chi connectivity index (χ4n) is 2.00. The second-order valence-electron chi connectivity index (χ2n) is 7.49. The van der Waals surface area contributed by atoms with E-state index in [9.17, 15) is 14.6 Å². The average Bonchev–Trinajstić information content (AvgIpc) is 2.42. The summed E-state index contributed by atoms with van der Waals surface area (Å²) in [5, 5.41) is 9.78. The first-order chi connectivity index (χ1) is 9.87. The molecular weight excluding hydrogens is 281 g/mol. The van der Waals surface area contributed by atoms with Crippen molar-refractivity contribution in [2.45, 2.75) is 41.5 Å². The maximum Gasteiger partial charge on any atom is 0.508 e. The molecule has 5 nitrogen and oxygen atoms in total. The number of benzene rings is 1. The molecule has 0 saturated heterocycles. The van der Waals surface area contributed by atoms with E-state index in [-0.39, 0.29) is 17.0 Å². The van der Waals surface area contributed by atoms with Gasteiger partial charge in [0.1, 0.15) is 0 Å². The molecule has 1 rings (SSSR count). The monoisotopic (exact) mass is 305 g/mol. The van der Waals surface area contributed by atoms with E-state index in [4.69, 9.17) is 5.90 Å². The SMILES string of the molecule is CC(C)(C)C(=O)c1cc(B(O)ON)cc(C(=O)C(C)(C)C)c1. The number of rotatable bonds is 4. The molecule has 0 heterocycles. The molecule has 0 bridgehead atoms. The molecule has 0 aliphatic heterocycles. The smallest absolute Gasteiger partial charge is 0.422 e. The Labute approximate surface area is 131 Å². The normalized spacial score (nSPS) is 12.2. The van der Waals surface area contributed by atoms with Crippen molar-refractivity contribution in [2.24, 2.45) is 16.7 Å². The molecule has 0 radical (unpaired) electrons. The van der Waals surface area contributed by atoms with Crippen molar-refractivity contribution in [3.05, 3.63) is 29.3 Å². The van der Waals surface area contributed by atoms with Crippen molar-refractivity contribution >= 4 is 24.1 Å². The molecule has 0 fully saturated rings. The highest BCUT2D eigenvalue weighted by Crippen LogP contribution is 2.24. The van der Waals surface area contributed by atoms with Gasteiger partial charge < -0.3 is 9.78 Å². The molecule has 0 aliphatic rings. The minimum absolute atomic E-state index is 0.124. The first-order valence-electron chi connectivity index (χ1n) is 7.16. The van der Waals surface area contributed by atoms with Crippen LogP contribution in [-0.4, -0.2) is 23.7 Å². The first kappa shape index (κ1) is 18.6. The Bertz CT molecular complexity index is 541. The van der Waals surface area contributed by atoms with Crippen molar-refractivity contribution in [1.82, 2.24) is 0 Å². The summed E-state index contributed by atoms with van der Waals surface area (Å²) in [6.07, 6.45) is 0. The minimum Gasteiger partial charge on any atom is -0.422 e. The molecular formula is C16H24BNO4. The third kappa shape index (κ3) is 4.26. The first-order valence-corrected chi connectivity index (χ1v) is 7.16. The van der Waals surface area contributed by atoms with Gasteiger partial charge in [-0.3, -0.25) is 9.59 Å². The van der Waals surface area contributed by atoms with Gasteiger partial charge in [0, 0.05) is 22.0 Å². The molecule has 0 amide bonds. The van der Waals surface area contributed by atoms with Crippen LogP contribution in [0.5, 0.6) is 0 Å². The highest BCUT2D eigenvalue weighted by Gasteiger charge is 2.29. The van der Waals surface area contributed by atoms with Crippen LogP contribution in [-0.2, 0) is 4.76 Å². The van der Waals surface area contributed by atoms with E-state index >= 15 is 0 Å². The Morgan fingerprint density at radius 2 is 1.32 bits per heavy atom. The summed E-state index contributed by atoms with van der Waals surface area (Å²) >= 11 is 0. The molecule has 0 aromatic heterocycles. The van der Waals surface area contributed by atoms with Crippen molar-refractivity contribution in [3.63, 3.8) is 0 Å². The molecule has 0 unspecified atom stereocenters. The molecule has 6 heteroatoms. The third-order valence-corrected chi connectivity index (χ3v) is 3.26. The summed E-state index contributed by atoms with van der Waals surface area (Å²) in [4.78, 5) is 25.0. The van der Waals surface area contributed by atoms with Crippen LogP contribution in [0.4, 0.5) is 0 Å². The zero-order valence-electron chi connectivity index (χ0n) is 14.1. The van der Waals surface area contributed by atoms with Gasteiger partial charge in [-0.2, -0.15) is 0 Å². The average molecular weight is 305 g/mol. The van der Waals surface area contributed by atoms with E-state index in [0.717, 1.165) is 0 Å². The van der Waals surface area contributed by atoms with Gasteiger partial charge >= 0.3 is 7.12 Å². The summed E-state index contributed by atoms with van der Waals surface area (Å²) in [6.45, 7) is 10.8. The van der Waals surface area contributed by atoms with Crippen molar-refractivity contribution in [3.8, 4) is 0 Å². The van der Waals surface area contributed by atoms with Gasteiger partial charge in [-0.1, -0.05) is 53.7 Å². The van der Waals surface area contributed by atoms with Crippen molar-refractivity contribution in [2.75, 3.05) is 0 Å². The Kier molecular flexibility index (Phi) is 5.33. The summed E-state index contributed by atoms with van der Waals surface area (Å²) in [5.41, 5.74) is -0.211. The number of ketones is 2. The molecule has 120 valence electrons. The van der Waals surface area contributed by atoms with Gasteiger partial charge in [0.2, 0.25) is 0 Å². The maximum atomic E-state index is 12.5. The van der Waals surface area contributed by atoms with Gasteiger partial charge in [-0.25, -0.2) is 5.90 Å². The van der Waals surface area contributed by atoms with Crippen LogP contribution in [0.15, 0.2) is 18.2 Å².